The number of hydrogen-bond donors (Lipinski definition) is 1. The van der Waals surface area contributed by atoms with Crippen LogP contribution in [0.15, 0.2) is 18.2 Å². The molecule has 0 bridgehead atoms. The van der Waals surface area contributed by atoms with Gasteiger partial charge < -0.3 is 0 Å². The molecule has 0 spiro atoms. The minimum Gasteiger partial charge on any atom is -0.251 e. The third kappa shape index (κ3) is 2.95. The van der Waals surface area contributed by atoms with Crippen LogP contribution in [0, 0.1) is 5.82 Å². The van der Waals surface area contributed by atoms with E-state index in [4.69, 9.17) is 11.6 Å². The van der Waals surface area contributed by atoms with E-state index < -0.39 is 0 Å². The first-order valence-electron chi connectivity index (χ1n) is 3.95. The highest BCUT2D eigenvalue weighted by atomic mass is 35.5. The Morgan fingerprint density at radius 1 is 1.46 bits per heavy atom. The second-order valence-corrected chi connectivity index (χ2v) is 3.34. The second kappa shape index (κ2) is 4.56. The van der Waals surface area contributed by atoms with Gasteiger partial charge in [0.2, 0.25) is 0 Å². The van der Waals surface area contributed by atoms with Gasteiger partial charge in [0, 0.05) is 31.2 Å². The van der Waals surface area contributed by atoms with E-state index in [1.165, 1.54) is 6.07 Å². The predicted octanol–water partition coefficient (Wildman–Crippen LogP) is 2.05. The van der Waals surface area contributed by atoms with Gasteiger partial charge in [0.25, 0.3) is 0 Å². The van der Waals surface area contributed by atoms with Crippen LogP contribution in [0.5, 0.6) is 0 Å². The summed E-state index contributed by atoms with van der Waals surface area (Å²) in [7, 11) is 3.68. The fourth-order valence-corrected chi connectivity index (χ4v) is 1.17. The molecule has 0 aliphatic carbocycles. The van der Waals surface area contributed by atoms with Crippen molar-refractivity contribution < 1.29 is 4.39 Å². The van der Waals surface area contributed by atoms with Gasteiger partial charge in [-0.1, -0.05) is 17.7 Å². The molecule has 1 aromatic rings. The molecule has 4 heteroatoms. The van der Waals surface area contributed by atoms with Gasteiger partial charge in [-0.15, -0.1) is 0 Å². The van der Waals surface area contributed by atoms with E-state index in [0.717, 1.165) is 0 Å². The fourth-order valence-electron chi connectivity index (χ4n) is 0.938. The molecule has 72 valence electrons. The summed E-state index contributed by atoms with van der Waals surface area (Å²) >= 11 is 5.81. The molecule has 0 fully saturated rings. The molecule has 0 saturated carbocycles. The molecule has 0 atom stereocenters. The molecular formula is C9H12ClFN2. The van der Waals surface area contributed by atoms with Crippen molar-refractivity contribution >= 4 is 11.6 Å². The van der Waals surface area contributed by atoms with Gasteiger partial charge in [0.15, 0.2) is 0 Å². The molecule has 0 amide bonds. The zero-order valence-corrected chi connectivity index (χ0v) is 8.40. The summed E-state index contributed by atoms with van der Waals surface area (Å²) in [6, 6.07) is 4.67. The lowest BCUT2D eigenvalue weighted by molar-refractivity contribution is 0.284. The monoisotopic (exact) mass is 202 g/mol. The predicted molar refractivity (Wildman–Crippen MR) is 51.9 cm³/mol. The molecule has 0 saturated heterocycles. The molecule has 2 nitrogen and oxygen atoms in total. The van der Waals surface area contributed by atoms with Gasteiger partial charge in [0.1, 0.15) is 5.82 Å². The number of rotatable bonds is 3. The van der Waals surface area contributed by atoms with Crippen molar-refractivity contribution in [3.05, 3.63) is 34.6 Å². The summed E-state index contributed by atoms with van der Waals surface area (Å²) in [5.41, 5.74) is 3.45. The number of hydrazine groups is 1. The van der Waals surface area contributed by atoms with Crippen molar-refractivity contribution in [3.63, 3.8) is 0 Å². The van der Waals surface area contributed by atoms with Crippen LogP contribution < -0.4 is 5.43 Å². The molecule has 0 aromatic heterocycles. The highest BCUT2D eigenvalue weighted by Crippen LogP contribution is 2.18. The van der Waals surface area contributed by atoms with Crippen LogP contribution >= 0.6 is 11.6 Å². The highest BCUT2D eigenvalue weighted by molar-refractivity contribution is 6.31. The summed E-state index contributed by atoms with van der Waals surface area (Å²) in [6.45, 7) is 0.401. The molecule has 13 heavy (non-hydrogen) atoms. The lowest BCUT2D eigenvalue weighted by Crippen LogP contribution is -2.30. The van der Waals surface area contributed by atoms with Crippen LogP contribution in [0.4, 0.5) is 4.39 Å². The number of halogens is 2. The molecule has 0 heterocycles. The summed E-state index contributed by atoms with van der Waals surface area (Å²) in [6.07, 6.45) is 0. The smallest absolute Gasteiger partial charge is 0.129 e. The van der Waals surface area contributed by atoms with Gasteiger partial charge in [-0.3, -0.25) is 10.4 Å². The molecule has 1 rings (SSSR count). The van der Waals surface area contributed by atoms with E-state index in [9.17, 15) is 4.39 Å². The van der Waals surface area contributed by atoms with E-state index in [2.05, 4.69) is 5.43 Å². The molecule has 0 aliphatic heterocycles. The van der Waals surface area contributed by atoms with Gasteiger partial charge in [-0.25, -0.2) is 4.39 Å². The summed E-state index contributed by atoms with van der Waals surface area (Å²) < 4.78 is 13.2. The van der Waals surface area contributed by atoms with Crippen molar-refractivity contribution in [2.24, 2.45) is 0 Å². The summed E-state index contributed by atoms with van der Waals surface area (Å²) in [5, 5.41) is 2.21. The highest BCUT2D eigenvalue weighted by Gasteiger charge is 2.05. The maximum atomic E-state index is 13.2. The largest absolute Gasteiger partial charge is 0.251 e. The van der Waals surface area contributed by atoms with E-state index in [0.29, 0.717) is 17.1 Å². The van der Waals surface area contributed by atoms with Gasteiger partial charge in [-0.2, -0.15) is 0 Å². The number of benzene rings is 1. The average molecular weight is 203 g/mol. The van der Waals surface area contributed by atoms with Crippen molar-refractivity contribution in [1.82, 2.24) is 10.4 Å². The van der Waals surface area contributed by atoms with Crippen molar-refractivity contribution in [3.8, 4) is 0 Å². The lowest BCUT2D eigenvalue weighted by atomic mass is 10.2. The van der Waals surface area contributed by atoms with Crippen LogP contribution in [0.1, 0.15) is 5.56 Å². The van der Waals surface area contributed by atoms with Crippen LogP contribution in [0.3, 0.4) is 0 Å². The second-order valence-electron chi connectivity index (χ2n) is 2.93. The Balaban J connectivity index is 2.75. The first kappa shape index (κ1) is 10.4. The van der Waals surface area contributed by atoms with Crippen LogP contribution in [0.2, 0.25) is 5.02 Å². The van der Waals surface area contributed by atoms with Crippen LogP contribution in [-0.2, 0) is 6.54 Å². The van der Waals surface area contributed by atoms with E-state index in [1.807, 2.05) is 14.1 Å². The quantitative estimate of drug-likeness (QED) is 0.755. The minimum atomic E-state index is -0.276. The number of hydrogen-bond acceptors (Lipinski definition) is 2. The van der Waals surface area contributed by atoms with Crippen LogP contribution in [-0.4, -0.2) is 19.1 Å². The standard InChI is InChI=1S/C9H12ClFN2/c1-13(2)12-6-7-8(10)4-3-5-9(7)11/h3-5,12H,6H2,1-2H3. The maximum Gasteiger partial charge on any atom is 0.129 e. The fraction of sp³-hybridized carbons (Fsp3) is 0.333. The molecule has 1 N–H and O–H groups in total. The van der Waals surface area contributed by atoms with Crippen molar-refractivity contribution in [2.45, 2.75) is 6.54 Å². The molecule has 0 aliphatic rings. The SMILES string of the molecule is CN(C)NCc1c(F)cccc1Cl. The zero-order valence-electron chi connectivity index (χ0n) is 7.64. The third-order valence-electron chi connectivity index (χ3n) is 1.63. The topological polar surface area (TPSA) is 15.3 Å². The van der Waals surface area contributed by atoms with Gasteiger partial charge in [-0.05, 0) is 12.1 Å². The molecule has 0 radical (unpaired) electrons. The number of nitrogens with one attached hydrogen (secondary N) is 1. The van der Waals surface area contributed by atoms with Gasteiger partial charge >= 0.3 is 0 Å². The zero-order chi connectivity index (χ0) is 9.84. The molecular weight excluding hydrogens is 191 g/mol. The first-order valence-corrected chi connectivity index (χ1v) is 4.33. The van der Waals surface area contributed by atoms with Crippen molar-refractivity contribution in [1.29, 1.82) is 0 Å². The Bertz CT molecular complexity index is 269. The Labute approximate surface area is 82.3 Å². The Kier molecular flexibility index (Phi) is 3.66. The van der Waals surface area contributed by atoms with Crippen LogP contribution in [0.25, 0.3) is 0 Å². The summed E-state index contributed by atoms with van der Waals surface area (Å²) in [4.78, 5) is 0. The Morgan fingerprint density at radius 3 is 2.69 bits per heavy atom. The maximum absolute atomic E-state index is 13.2. The molecule has 1 aromatic carbocycles. The van der Waals surface area contributed by atoms with E-state index in [1.54, 1.807) is 17.1 Å². The average Bonchev–Trinajstić information content (AvgIpc) is 2.03. The Morgan fingerprint density at radius 2 is 2.15 bits per heavy atom. The lowest BCUT2D eigenvalue weighted by Gasteiger charge is -2.13. The Hall–Kier alpha value is -0.640. The minimum absolute atomic E-state index is 0.276. The number of nitrogens with zero attached hydrogens (tertiary/aromatic N) is 1. The van der Waals surface area contributed by atoms with Gasteiger partial charge in [0.05, 0.1) is 0 Å². The van der Waals surface area contributed by atoms with E-state index >= 15 is 0 Å². The van der Waals surface area contributed by atoms with E-state index in [-0.39, 0.29) is 5.82 Å². The first-order chi connectivity index (χ1) is 6.11. The normalized spacial score (nSPS) is 10.8. The third-order valence-corrected chi connectivity index (χ3v) is 1.99. The molecule has 0 unspecified atom stereocenters. The van der Waals surface area contributed by atoms with Crippen molar-refractivity contribution in [2.75, 3.05) is 14.1 Å². The summed E-state index contributed by atoms with van der Waals surface area (Å²) in [5.74, 6) is -0.276.